The predicted octanol–water partition coefficient (Wildman–Crippen LogP) is 3.33. The predicted molar refractivity (Wildman–Crippen MR) is 97.0 cm³/mol. The molecule has 0 saturated carbocycles. The second-order valence-corrected chi connectivity index (χ2v) is 6.39. The van der Waals surface area contributed by atoms with Gasteiger partial charge in [-0.1, -0.05) is 42.0 Å². The first-order valence-corrected chi connectivity index (χ1v) is 8.68. The van der Waals surface area contributed by atoms with E-state index in [1.165, 1.54) is 4.90 Å². The number of rotatable bonds is 6. The fourth-order valence-electron chi connectivity index (χ4n) is 3.26. The molecular formula is C21H21NO4. The lowest BCUT2D eigenvalue weighted by molar-refractivity contribution is -0.143. The first kappa shape index (κ1) is 17.9. The van der Waals surface area contributed by atoms with Crippen molar-refractivity contribution in [3.05, 3.63) is 70.8 Å². The Balaban J connectivity index is 1.87. The maximum absolute atomic E-state index is 12.6. The van der Waals surface area contributed by atoms with Crippen molar-refractivity contribution < 1.29 is 19.1 Å². The van der Waals surface area contributed by atoms with Crippen LogP contribution in [0.3, 0.4) is 0 Å². The lowest BCUT2D eigenvalue weighted by Gasteiger charge is -2.22. The van der Waals surface area contributed by atoms with E-state index in [1.54, 1.807) is 31.2 Å². The van der Waals surface area contributed by atoms with Crippen LogP contribution >= 0.6 is 0 Å². The van der Waals surface area contributed by atoms with Gasteiger partial charge >= 0.3 is 5.97 Å². The summed E-state index contributed by atoms with van der Waals surface area (Å²) >= 11 is 0. The van der Waals surface area contributed by atoms with Gasteiger partial charge < -0.3 is 4.74 Å². The van der Waals surface area contributed by atoms with Crippen LogP contribution in [0.2, 0.25) is 0 Å². The molecule has 2 aromatic carbocycles. The number of nitrogens with zero attached hydrogens (tertiary/aromatic N) is 1. The SMILES string of the molecule is CCOC(=O)CC(CN1C(=O)c2ccccc2C1=O)c1cccc(C)c1. The van der Waals surface area contributed by atoms with Gasteiger partial charge in [0, 0.05) is 12.5 Å². The van der Waals surface area contributed by atoms with E-state index >= 15 is 0 Å². The second kappa shape index (κ2) is 7.52. The van der Waals surface area contributed by atoms with Gasteiger partial charge in [-0.25, -0.2) is 0 Å². The Morgan fingerprint density at radius 3 is 2.27 bits per heavy atom. The van der Waals surface area contributed by atoms with E-state index < -0.39 is 0 Å². The van der Waals surface area contributed by atoms with Crippen molar-refractivity contribution in [2.75, 3.05) is 13.2 Å². The molecule has 0 radical (unpaired) electrons. The van der Waals surface area contributed by atoms with Crippen molar-refractivity contribution in [3.63, 3.8) is 0 Å². The Hall–Kier alpha value is -2.95. The molecule has 0 aromatic heterocycles. The smallest absolute Gasteiger partial charge is 0.306 e. The molecule has 1 aliphatic rings. The minimum Gasteiger partial charge on any atom is -0.466 e. The van der Waals surface area contributed by atoms with Crippen LogP contribution in [0.15, 0.2) is 48.5 Å². The Morgan fingerprint density at radius 2 is 1.69 bits per heavy atom. The fourth-order valence-corrected chi connectivity index (χ4v) is 3.26. The van der Waals surface area contributed by atoms with E-state index in [1.807, 2.05) is 31.2 Å². The summed E-state index contributed by atoms with van der Waals surface area (Å²) in [4.78, 5) is 38.6. The van der Waals surface area contributed by atoms with Crippen LogP contribution in [0, 0.1) is 6.92 Å². The Bertz CT molecular complexity index is 824. The number of imide groups is 1. The van der Waals surface area contributed by atoms with E-state index in [-0.39, 0.29) is 36.7 Å². The van der Waals surface area contributed by atoms with Gasteiger partial charge in [0.25, 0.3) is 11.8 Å². The zero-order chi connectivity index (χ0) is 18.7. The third-order valence-electron chi connectivity index (χ3n) is 4.51. The van der Waals surface area contributed by atoms with Crippen molar-refractivity contribution in [1.29, 1.82) is 0 Å². The van der Waals surface area contributed by atoms with Gasteiger partial charge in [0.05, 0.1) is 24.2 Å². The molecule has 1 unspecified atom stereocenters. The van der Waals surface area contributed by atoms with Gasteiger partial charge in [0.1, 0.15) is 0 Å². The highest BCUT2D eigenvalue weighted by Crippen LogP contribution is 2.28. The summed E-state index contributed by atoms with van der Waals surface area (Å²) in [6.45, 7) is 4.16. The number of hydrogen-bond donors (Lipinski definition) is 0. The van der Waals surface area contributed by atoms with Crippen molar-refractivity contribution in [2.45, 2.75) is 26.2 Å². The van der Waals surface area contributed by atoms with Gasteiger partial charge in [-0.15, -0.1) is 0 Å². The largest absolute Gasteiger partial charge is 0.466 e. The lowest BCUT2D eigenvalue weighted by Crippen LogP contribution is -2.34. The van der Waals surface area contributed by atoms with Crippen LogP contribution in [0.4, 0.5) is 0 Å². The van der Waals surface area contributed by atoms with Gasteiger partial charge in [-0.3, -0.25) is 19.3 Å². The summed E-state index contributed by atoms with van der Waals surface area (Å²) in [5.74, 6) is -1.27. The summed E-state index contributed by atoms with van der Waals surface area (Å²) in [6.07, 6.45) is 0.116. The lowest BCUT2D eigenvalue weighted by atomic mass is 9.93. The van der Waals surface area contributed by atoms with Gasteiger partial charge in [-0.05, 0) is 31.5 Å². The molecule has 5 nitrogen and oxygen atoms in total. The highest BCUT2D eigenvalue weighted by Gasteiger charge is 2.37. The first-order chi connectivity index (χ1) is 12.5. The molecule has 134 valence electrons. The monoisotopic (exact) mass is 351 g/mol. The Labute approximate surface area is 152 Å². The summed E-state index contributed by atoms with van der Waals surface area (Å²) in [5.41, 5.74) is 2.79. The number of carbonyl (C=O) groups excluding carboxylic acids is 3. The van der Waals surface area contributed by atoms with E-state index in [0.717, 1.165) is 11.1 Å². The first-order valence-electron chi connectivity index (χ1n) is 8.68. The molecule has 0 bridgehead atoms. The third kappa shape index (κ3) is 3.52. The van der Waals surface area contributed by atoms with Crippen molar-refractivity contribution >= 4 is 17.8 Å². The quantitative estimate of drug-likeness (QED) is 0.591. The topological polar surface area (TPSA) is 63.7 Å². The minimum absolute atomic E-state index is 0.116. The molecule has 1 aliphatic heterocycles. The zero-order valence-corrected chi connectivity index (χ0v) is 14.9. The number of esters is 1. The molecule has 2 aromatic rings. The molecule has 0 fully saturated rings. The molecule has 2 amide bonds. The molecule has 3 rings (SSSR count). The average Bonchev–Trinajstić information content (AvgIpc) is 2.86. The normalized spacial score (nSPS) is 14.3. The van der Waals surface area contributed by atoms with Crippen molar-refractivity contribution in [1.82, 2.24) is 4.90 Å². The molecule has 0 aliphatic carbocycles. The summed E-state index contributed by atoms with van der Waals surface area (Å²) < 4.78 is 5.08. The molecule has 1 atom stereocenters. The summed E-state index contributed by atoms with van der Waals surface area (Å²) in [7, 11) is 0. The average molecular weight is 351 g/mol. The van der Waals surface area contributed by atoms with Crippen LogP contribution < -0.4 is 0 Å². The van der Waals surface area contributed by atoms with Crippen LogP contribution in [0.25, 0.3) is 0 Å². The number of carbonyl (C=O) groups is 3. The highest BCUT2D eigenvalue weighted by atomic mass is 16.5. The summed E-state index contributed by atoms with van der Waals surface area (Å²) in [5, 5.41) is 0. The van der Waals surface area contributed by atoms with E-state index in [4.69, 9.17) is 4.74 Å². The number of benzene rings is 2. The molecule has 5 heteroatoms. The van der Waals surface area contributed by atoms with Gasteiger partial charge in [0.2, 0.25) is 0 Å². The maximum atomic E-state index is 12.6. The molecular weight excluding hydrogens is 330 g/mol. The van der Waals surface area contributed by atoms with Crippen LogP contribution in [-0.4, -0.2) is 35.8 Å². The Kier molecular flexibility index (Phi) is 5.16. The van der Waals surface area contributed by atoms with E-state index in [2.05, 4.69) is 0 Å². The van der Waals surface area contributed by atoms with Crippen LogP contribution in [-0.2, 0) is 9.53 Å². The number of hydrogen-bond acceptors (Lipinski definition) is 4. The highest BCUT2D eigenvalue weighted by molar-refractivity contribution is 6.21. The molecule has 0 N–H and O–H groups in total. The second-order valence-electron chi connectivity index (χ2n) is 6.39. The standard InChI is InChI=1S/C21H21NO4/c1-3-26-19(23)12-16(15-8-6-7-14(2)11-15)13-22-20(24)17-9-4-5-10-18(17)21(22)25/h4-11,16H,3,12-13H2,1-2H3. The number of amides is 2. The maximum Gasteiger partial charge on any atom is 0.306 e. The van der Waals surface area contributed by atoms with Crippen LogP contribution in [0.5, 0.6) is 0 Å². The van der Waals surface area contributed by atoms with E-state index in [9.17, 15) is 14.4 Å². The molecule has 0 saturated heterocycles. The minimum atomic E-state index is -0.337. The number of aryl methyl sites for hydroxylation is 1. The molecule has 1 heterocycles. The fraction of sp³-hybridized carbons (Fsp3) is 0.286. The van der Waals surface area contributed by atoms with Crippen molar-refractivity contribution in [3.8, 4) is 0 Å². The zero-order valence-electron chi connectivity index (χ0n) is 14.9. The van der Waals surface area contributed by atoms with Gasteiger partial charge in [0.15, 0.2) is 0 Å². The van der Waals surface area contributed by atoms with Gasteiger partial charge in [-0.2, -0.15) is 0 Å². The molecule has 26 heavy (non-hydrogen) atoms. The van der Waals surface area contributed by atoms with Crippen molar-refractivity contribution in [2.24, 2.45) is 0 Å². The summed E-state index contributed by atoms with van der Waals surface area (Å²) in [6, 6.07) is 14.6. The number of ether oxygens (including phenoxy) is 1. The number of fused-ring (bicyclic) bond motifs is 1. The Morgan fingerprint density at radius 1 is 1.04 bits per heavy atom. The van der Waals surface area contributed by atoms with Crippen LogP contribution in [0.1, 0.15) is 51.1 Å². The van der Waals surface area contributed by atoms with E-state index in [0.29, 0.717) is 17.7 Å². The third-order valence-corrected chi connectivity index (χ3v) is 4.51. The molecule has 0 spiro atoms.